The van der Waals surface area contributed by atoms with Crippen LogP contribution < -0.4 is 5.32 Å². The number of rotatable bonds is 5. The summed E-state index contributed by atoms with van der Waals surface area (Å²) in [5, 5.41) is 3.05. The van der Waals surface area contributed by atoms with Crippen LogP contribution in [-0.2, 0) is 9.59 Å². The number of fused-ring (bicyclic) bond motifs is 1. The molecule has 6 nitrogen and oxygen atoms in total. The first-order chi connectivity index (χ1) is 16.7. The Labute approximate surface area is 198 Å². The van der Waals surface area contributed by atoms with Crippen LogP contribution in [0.1, 0.15) is 18.4 Å². The number of imidazole rings is 1. The number of para-hydroxylation sites is 2. The highest BCUT2D eigenvalue weighted by atomic mass is 16.2. The molecule has 6 heteroatoms. The van der Waals surface area contributed by atoms with Crippen molar-refractivity contribution in [2.45, 2.75) is 12.8 Å². The van der Waals surface area contributed by atoms with E-state index in [0.717, 1.165) is 33.7 Å². The minimum Gasteiger partial charge on any atom is -0.339 e. The molecule has 5 rings (SSSR count). The predicted molar refractivity (Wildman–Crippen MR) is 135 cm³/mol. The number of nitrogens with one attached hydrogen (secondary N) is 2. The van der Waals surface area contributed by atoms with Crippen molar-refractivity contribution in [3.05, 3.63) is 90.5 Å². The Kier molecular flexibility index (Phi) is 6.21. The van der Waals surface area contributed by atoms with Crippen LogP contribution in [0, 0.1) is 5.92 Å². The average molecular weight is 451 g/mol. The highest BCUT2D eigenvalue weighted by Gasteiger charge is 2.26. The molecule has 2 heterocycles. The molecule has 0 bridgehead atoms. The molecule has 0 unspecified atom stereocenters. The summed E-state index contributed by atoms with van der Waals surface area (Å²) in [7, 11) is 0. The summed E-state index contributed by atoms with van der Waals surface area (Å²) in [5.74, 6) is 0.639. The number of nitrogens with zero attached hydrogens (tertiary/aromatic N) is 2. The molecular formula is C28H26N4O2. The number of carbonyl (C=O) groups is 2. The van der Waals surface area contributed by atoms with Crippen molar-refractivity contribution >= 4 is 34.6 Å². The number of H-pyrrole nitrogens is 1. The van der Waals surface area contributed by atoms with Crippen LogP contribution in [0.2, 0.25) is 0 Å². The summed E-state index contributed by atoms with van der Waals surface area (Å²) in [6.45, 7) is 1.16. The zero-order valence-electron chi connectivity index (χ0n) is 18.8. The van der Waals surface area contributed by atoms with Crippen LogP contribution in [0.5, 0.6) is 0 Å². The first-order valence-electron chi connectivity index (χ1n) is 11.5. The number of carbonyl (C=O) groups excluding carboxylic acids is 2. The molecule has 0 spiro atoms. The van der Waals surface area contributed by atoms with Gasteiger partial charge in [0.05, 0.1) is 11.0 Å². The molecule has 170 valence electrons. The van der Waals surface area contributed by atoms with Crippen molar-refractivity contribution in [3.63, 3.8) is 0 Å². The summed E-state index contributed by atoms with van der Waals surface area (Å²) in [6, 6.07) is 25.4. The van der Waals surface area contributed by atoms with E-state index >= 15 is 0 Å². The van der Waals surface area contributed by atoms with Crippen molar-refractivity contribution in [2.75, 3.05) is 18.4 Å². The summed E-state index contributed by atoms with van der Waals surface area (Å²) in [5.41, 5.74) is 4.54. The maximum absolute atomic E-state index is 12.9. The Morgan fingerprint density at radius 1 is 0.941 bits per heavy atom. The van der Waals surface area contributed by atoms with Gasteiger partial charge in [-0.2, -0.15) is 0 Å². The van der Waals surface area contributed by atoms with Gasteiger partial charge in [0, 0.05) is 36.3 Å². The highest BCUT2D eigenvalue weighted by molar-refractivity contribution is 5.94. The fourth-order valence-electron chi connectivity index (χ4n) is 4.28. The van der Waals surface area contributed by atoms with Gasteiger partial charge in [-0.05, 0) is 48.7 Å². The molecule has 1 fully saturated rings. The Morgan fingerprint density at radius 2 is 1.71 bits per heavy atom. The Hall–Kier alpha value is -4.19. The standard InChI is InChI=1S/C28H26N4O2/c33-26(14-13-20-7-2-1-3-8-20)32-17-15-21(16-18-32)28(34)29-23-10-6-9-22(19-23)27-30-24-11-4-5-12-25(24)31-27/h1-14,19,21H,15-18H2,(H,29,34)(H,30,31)/b14-13+. The van der Waals surface area contributed by atoms with Crippen molar-refractivity contribution < 1.29 is 9.59 Å². The van der Waals surface area contributed by atoms with Gasteiger partial charge in [-0.3, -0.25) is 9.59 Å². The van der Waals surface area contributed by atoms with E-state index in [0.29, 0.717) is 25.9 Å². The molecule has 0 radical (unpaired) electrons. The zero-order valence-corrected chi connectivity index (χ0v) is 18.8. The normalized spacial score (nSPS) is 14.5. The number of piperidine rings is 1. The number of hydrogen-bond acceptors (Lipinski definition) is 3. The van der Waals surface area contributed by atoms with E-state index in [1.54, 1.807) is 6.08 Å². The van der Waals surface area contributed by atoms with Crippen molar-refractivity contribution in [3.8, 4) is 11.4 Å². The number of hydrogen-bond donors (Lipinski definition) is 2. The maximum atomic E-state index is 12.9. The molecule has 1 aliphatic rings. The Bertz CT molecular complexity index is 1300. The van der Waals surface area contributed by atoms with Crippen LogP contribution >= 0.6 is 0 Å². The molecular weight excluding hydrogens is 424 g/mol. The van der Waals surface area contributed by atoms with Crippen LogP contribution in [0.4, 0.5) is 5.69 Å². The van der Waals surface area contributed by atoms with Crippen LogP contribution in [-0.4, -0.2) is 39.8 Å². The van der Waals surface area contributed by atoms with E-state index < -0.39 is 0 Å². The monoisotopic (exact) mass is 450 g/mol. The van der Waals surface area contributed by atoms with Crippen LogP contribution in [0.15, 0.2) is 84.9 Å². The molecule has 1 saturated heterocycles. The summed E-state index contributed by atoms with van der Waals surface area (Å²) in [4.78, 5) is 35.2. The first kappa shape index (κ1) is 21.6. The zero-order chi connectivity index (χ0) is 23.3. The molecule has 34 heavy (non-hydrogen) atoms. The smallest absolute Gasteiger partial charge is 0.246 e. The summed E-state index contributed by atoms with van der Waals surface area (Å²) < 4.78 is 0. The molecule has 4 aromatic rings. The average Bonchev–Trinajstić information content (AvgIpc) is 3.33. The quantitative estimate of drug-likeness (QED) is 0.414. The number of benzene rings is 3. The Morgan fingerprint density at radius 3 is 2.50 bits per heavy atom. The summed E-state index contributed by atoms with van der Waals surface area (Å²) >= 11 is 0. The number of anilines is 1. The molecule has 1 aromatic heterocycles. The number of aromatic amines is 1. The maximum Gasteiger partial charge on any atom is 0.246 e. The van der Waals surface area contributed by atoms with E-state index in [-0.39, 0.29) is 17.7 Å². The molecule has 2 amide bonds. The van der Waals surface area contributed by atoms with Gasteiger partial charge < -0.3 is 15.2 Å². The SMILES string of the molecule is O=C(Nc1cccc(-c2nc3ccccc3[nH]2)c1)C1CCN(C(=O)/C=C/c2ccccc2)CC1. The first-order valence-corrected chi connectivity index (χ1v) is 11.5. The lowest BCUT2D eigenvalue weighted by Gasteiger charge is -2.30. The van der Waals surface area contributed by atoms with Gasteiger partial charge in [0.2, 0.25) is 11.8 Å². The lowest BCUT2D eigenvalue weighted by atomic mass is 9.95. The number of likely N-dealkylation sites (tertiary alicyclic amines) is 1. The minimum atomic E-state index is -0.114. The molecule has 1 aliphatic heterocycles. The van der Waals surface area contributed by atoms with Gasteiger partial charge in [0.25, 0.3) is 0 Å². The fraction of sp³-hybridized carbons (Fsp3) is 0.179. The minimum absolute atomic E-state index is 0.00585. The third kappa shape index (κ3) is 4.91. The van der Waals surface area contributed by atoms with E-state index in [2.05, 4.69) is 15.3 Å². The van der Waals surface area contributed by atoms with Crippen molar-refractivity contribution in [2.24, 2.45) is 5.92 Å². The topological polar surface area (TPSA) is 78.1 Å². The van der Waals surface area contributed by atoms with Gasteiger partial charge in [-0.1, -0.05) is 54.6 Å². The Balaban J connectivity index is 1.18. The molecule has 0 atom stereocenters. The second-order valence-electron chi connectivity index (χ2n) is 8.52. The van der Waals surface area contributed by atoms with E-state index in [9.17, 15) is 9.59 Å². The molecule has 2 N–H and O–H groups in total. The third-order valence-corrected chi connectivity index (χ3v) is 6.19. The van der Waals surface area contributed by atoms with Crippen LogP contribution in [0.3, 0.4) is 0 Å². The summed E-state index contributed by atoms with van der Waals surface area (Å²) in [6.07, 6.45) is 4.75. The van der Waals surface area contributed by atoms with E-state index in [4.69, 9.17) is 0 Å². The van der Waals surface area contributed by atoms with E-state index in [1.165, 1.54) is 0 Å². The predicted octanol–water partition coefficient (Wildman–Crippen LogP) is 5.12. The fourth-order valence-corrected chi connectivity index (χ4v) is 4.28. The third-order valence-electron chi connectivity index (χ3n) is 6.19. The van der Waals surface area contributed by atoms with Gasteiger partial charge in [-0.25, -0.2) is 4.98 Å². The number of aromatic nitrogens is 2. The highest BCUT2D eigenvalue weighted by Crippen LogP contribution is 2.25. The van der Waals surface area contributed by atoms with Crippen molar-refractivity contribution in [1.29, 1.82) is 0 Å². The lowest BCUT2D eigenvalue weighted by Crippen LogP contribution is -2.40. The lowest BCUT2D eigenvalue weighted by molar-refractivity contribution is -0.130. The van der Waals surface area contributed by atoms with Crippen molar-refractivity contribution in [1.82, 2.24) is 14.9 Å². The largest absolute Gasteiger partial charge is 0.339 e. The molecule has 0 aliphatic carbocycles. The number of amides is 2. The van der Waals surface area contributed by atoms with Gasteiger partial charge in [0.15, 0.2) is 0 Å². The van der Waals surface area contributed by atoms with Gasteiger partial charge in [-0.15, -0.1) is 0 Å². The molecule has 3 aromatic carbocycles. The molecule has 0 saturated carbocycles. The second-order valence-corrected chi connectivity index (χ2v) is 8.52. The second kappa shape index (κ2) is 9.75. The van der Waals surface area contributed by atoms with Gasteiger partial charge in [0.1, 0.15) is 5.82 Å². The van der Waals surface area contributed by atoms with Gasteiger partial charge >= 0.3 is 0 Å². The van der Waals surface area contributed by atoms with E-state index in [1.807, 2.05) is 89.8 Å². The van der Waals surface area contributed by atoms with Crippen LogP contribution in [0.25, 0.3) is 28.5 Å².